The van der Waals surface area contributed by atoms with E-state index in [-0.39, 0.29) is 0 Å². The molecule has 0 fully saturated rings. The van der Waals surface area contributed by atoms with Gasteiger partial charge in [0.15, 0.2) is 17.5 Å². The minimum absolute atomic E-state index is 0.557. The van der Waals surface area contributed by atoms with Crippen molar-refractivity contribution in [2.45, 2.75) is 0 Å². The first-order chi connectivity index (χ1) is 24.8. The highest BCUT2D eigenvalue weighted by Gasteiger charge is 2.21. The van der Waals surface area contributed by atoms with Crippen LogP contribution in [0.1, 0.15) is 0 Å². The van der Waals surface area contributed by atoms with Gasteiger partial charge in [-0.25, -0.2) is 15.0 Å². The van der Waals surface area contributed by atoms with Gasteiger partial charge in [-0.2, -0.15) is 0 Å². The number of hydrogen-bond acceptors (Lipinski definition) is 5. The van der Waals surface area contributed by atoms with E-state index in [1.807, 2.05) is 60.7 Å². The zero-order valence-electron chi connectivity index (χ0n) is 26.7. The Morgan fingerprint density at radius 3 is 1.98 bits per heavy atom. The number of hydrogen-bond donors (Lipinski definition) is 0. The highest BCUT2D eigenvalue weighted by molar-refractivity contribution is 6.19. The monoisotopic (exact) mass is 641 g/mol. The van der Waals surface area contributed by atoms with Crippen molar-refractivity contribution >= 4 is 43.7 Å². The molecule has 50 heavy (non-hydrogen) atoms. The van der Waals surface area contributed by atoms with Crippen LogP contribution in [-0.4, -0.2) is 24.5 Å². The van der Waals surface area contributed by atoms with E-state index in [9.17, 15) is 0 Å². The minimum atomic E-state index is 0.557. The summed E-state index contributed by atoms with van der Waals surface area (Å²) in [6.45, 7) is 0. The van der Waals surface area contributed by atoms with Crippen molar-refractivity contribution in [2.75, 3.05) is 0 Å². The first kappa shape index (κ1) is 28.1. The van der Waals surface area contributed by atoms with E-state index in [4.69, 9.17) is 19.4 Å². The van der Waals surface area contributed by atoms with Gasteiger partial charge in [-0.3, -0.25) is 4.98 Å². The van der Waals surface area contributed by atoms with Gasteiger partial charge in [0.2, 0.25) is 0 Å². The number of rotatable bonds is 5. The predicted molar refractivity (Wildman–Crippen MR) is 201 cm³/mol. The van der Waals surface area contributed by atoms with E-state index >= 15 is 0 Å². The second-order valence-electron chi connectivity index (χ2n) is 12.3. The van der Waals surface area contributed by atoms with Gasteiger partial charge in [0, 0.05) is 62.4 Å². The molecule has 0 radical (unpaired) electrons. The van der Waals surface area contributed by atoms with E-state index in [0.29, 0.717) is 17.5 Å². The van der Waals surface area contributed by atoms with Gasteiger partial charge in [-0.15, -0.1) is 0 Å². The average molecular weight is 642 g/mol. The molecule has 6 nitrogen and oxygen atoms in total. The van der Waals surface area contributed by atoms with Gasteiger partial charge in [0.1, 0.15) is 11.2 Å². The van der Waals surface area contributed by atoms with Crippen molar-refractivity contribution in [3.8, 4) is 51.0 Å². The Balaban J connectivity index is 1.22. The molecule has 0 spiro atoms. The molecule has 4 heterocycles. The summed E-state index contributed by atoms with van der Waals surface area (Å²) < 4.78 is 8.92. The molecular formula is C44H27N5O. The first-order valence-electron chi connectivity index (χ1n) is 16.5. The van der Waals surface area contributed by atoms with E-state index < -0.39 is 0 Å². The average Bonchev–Trinajstić information content (AvgIpc) is 3.72. The lowest BCUT2D eigenvalue weighted by atomic mass is 10.0. The third-order valence-corrected chi connectivity index (χ3v) is 9.33. The first-order valence-corrected chi connectivity index (χ1v) is 16.5. The molecule has 4 aromatic heterocycles. The smallest absolute Gasteiger partial charge is 0.165 e. The molecule has 0 aliphatic rings. The standard InChI is InChI=1S/C44H27N5O/c1-3-12-28(13-4-1)29-14-9-15-30(24-29)42-46-43(31-16-11-23-45-27-31)48-44(47-42)34-20-10-22-39-41(34)36-25-35-33-19-7-8-21-37(33)49(32-17-5-2-6-18-32)38(35)26-40(36)50-39/h1-27H. The van der Waals surface area contributed by atoms with Crippen molar-refractivity contribution in [3.63, 3.8) is 0 Å². The van der Waals surface area contributed by atoms with Crippen LogP contribution in [0.5, 0.6) is 0 Å². The molecule has 0 N–H and O–H groups in total. The molecule has 6 heteroatoms. The van der Waals surface area contributed by atoms with E-state index in [0.717, 1.165) is 71.9 Å². The number of fused-ring (bicyclic) bond motifs is 6. The largest absolute Gasteiger partial charge is 0.456 e. The molecule has 0 aliphatic heterocycles. The number of furan rings is 1. The molecule has 0 saturated carbocycles. The topological polar surface area (TPSA) is 69.6 Å². The van der Waals surface area contributed by atoms with E-state index in [1.165, 1.54) is 5.39 Å². The highest BCUT2D eigenvalue weighted by atomic mass is 16.3. The number of benzene rings is 6. The van der Waals surface area contributed by atoms with Crippen LogP contribution < -0.4 is 0 Å². The van der Waals surface area contributed by atoms with Crippen LogP contribution in [-0.2, 0) is 0 Å². The fourth-order valence-electron chi connectivity index (χ4n) is 7.05. The van der Waals surface area contributed by atoms with Gasteiger partial charge in [0.25, 0.3) is 0 Å². The van der Waals surface area contributed by atoms with Crippen LogP contribution in [0.3, 0.4) is 0 Å². The lowest BCUT2D eigenvalue weighted by Crippen LogP contribution is -2.00. The molecular weight excluding hydrogens is 615 g/mol. The summed E-state index contributed by atoms with van der Waals surface area (Å²) in [5.41, 5.74) is 9.73. The van der Waals surface area contributed by atoms with E-state index in [2.05, 4.69) is 101 Å². The summed E-state index contributed by atoms with van der Waals surface area (Å²) in [7, 11) is 0. The Hall–Kier alpha value is -6.92. The fraction of sp³-hybridized carbons (Fsp3) is 0. The van der Waals surface area contributed by atoms with Crippen LogP contribution in [0, 0.1) is 0 Å². The number of nitrogens with zero attached hydrogens (tertiary/aromatic N) is 5. The lowest BCUT2D eigenvalue weighted by molar-refractivity contribution is 0.669. The third-order valence-electron chi connectivity index (χ3n) is 9.33. The summed E-state index contributed by atoms with van der Waals surface area (Å²) in [4.78, 5) is 19.5. The van der Waals surface area contributed by atoms with Crippen LogP contribution in [0.25, 0.3) is 94.7 Å². The number of para-hydroxylation sites is 2. The fourth-order valence-corrected chi connectivity index (χ4v) is 7.05. The van der Waals surface area contributed by atoms with Crippen molar-refractivity contribution in [3.05, 3.63) is 164 Å². The van der Waals surface area contributed by atoms with Gasteiger partial charge in [-0.1, -0.05) is 97.1 Å². The molecule has 0 bridgehead atoms. The van der Waals surface area contributed by atoms with Crippen molar-refractivity contribution in [2.24, 2.45) is 0 Å². The molecule has 234 valence electrons. The Kier molecular flexibility index (Phi) is 6.39. The maximum atomic E-state index is 6.61. The summed E-state index contributed by atoms with van der Waals surface area (Å²) in [6, 6.07) is 52.1. The lowest BCUT2D eigenvalue weighted by Gasteiger charge is -2.10. The predicted octanol–water partition coefficient (Wildman–Crippen LogP) is 10.9. The van der Waals surface area contributed by atoms with Gasteiger partial charge in [-0.05, 0) is 59.7 Å². The quantitative estimate of drug-likeness (QED) is 0.187. The molecule has 10 aromatic rings. The van der Waals surface area contributed by atoms with Gasteiger partial charge < -0.3 is 8.98 Å². The Morgan fingerprint density at radius 1 is 0.440 bits per heavy atom. The molecule has 6 aromatic carbocycles. The van der Waals surface area contributed by atoms with Crippen molar-refractivity contribution in [1.82, 2.24) is 24.5 Å². The SMILES string of the molecule is c1ccc(-c2cccc(-c3nc(-c4cccnc4)nc(-c4cccc5oc6cc7c(cc6c45)c4ccccc4n7-c4ccccc4)n3)c2)cc1. The minimum Gasteiger partial charge on any atom is -0.456 e. The molecule has 0 saturated heterocycles. The maximum Gasteiger partial charge on any atom is 0.165 e. The Labute approximate surface area is 287 Å². The Morgan fingerprint density at radius 2 is 1.14 bits per heavy atom. The summed E-state index contributed by atoms with van der Waals surface area (Å²) >= 11 is 0. The molecule has 10 rings (SSSR count). The van der Waals surface area contributed by atoms with Crippen LogP contribution in [0.15, 0.2) is 168 Å². The molecule has 0 unspecified atom stereocenters. The van der Waals surface area contributed by atoms with Gasteiger partial charge >= 0.3 is 0 Å². The maximum absolute atomic E-state index is 6.61. The zero-order valence-corrected chi connectivity index (χ0v) is 26.7. The van der Waals surface area contributed by atoms with E-state index in [1.54, 1.807) is 12.4 Å². The highest BCUT2D eigenvalue weighted by Crippen LogP contribution is 2.41. The van der Waals surface area contributed by atoms with Gasteiger partial charge in [0.05, 0.1) is 11.0 Å². The third kappa shape index (κ3) is 4.58. The van der Waals surface area contributed by atoms with Crippen molar-refractivity contribution < 1.29 is 4.42 Å². The normalized spacial score (nSPS) is 11.6. The number of pyridine rings is 1. The molecule has 0 atom stereocenters. The second-order valence-corrected chi connectivity index (χ2v) is 12.3. The molecule has 0 aliphatic carbocycles. The van der Waals surface area contributed by atoms with Crippen LogP contribution in [0.4, 0.5) is 0 Å². The summed E-state index contributed by atoms with van der Waals surface area (Å²) in [5.74, 6) is 1.71. The second kappa shape index (κ2) is 11.4. The van der Waals surface area contributed by atoms with Crippen LogP contribution in [0.2, 0.25) is 0 Å². The van der Waals surface area contributed by atoms with Crippen LogP contribution >= 0.6 is 0 Å². The number of aromatic nitrogens is 5. The zero-order chi connectivity index (χ0) is 33.0. The Bertz CT molecular complexity index is 2860. The molecule has 0 amide bonds. The summed E-state index contributed by atoms with van der Waals surface area (Å²) in [5, 5.41) is 4.31. The summed E-state index contributed by atoms with van der Waals surface area (Å²) in [6.07, 6.45) is 3.54. The van der Waals surface area contributed by atoms with Crippen molar-refractivity contribution in [1.29, 1.82) is 0 Å².